The zero-order valence-electron chi connectivity index (χ0n) is 9.11. The van der Waals surface area contributed by atoms with Crippen LogP contribution in [0, 0.1) is 5.82 Å². The van der Waals surface area contributed by atoms with E-state index >= 15 is 0 Å². The van der Waals surface area contributed by atoms with Gasteiger partial charge in [-0.2, -0.15) is 0 Å². The van der Waals surface area contributed by atoms with E-state index in [-0.39, 0.29) is 12.2 Å². The molecule has 0 heterocycles. The van der Waals surface area contributed by atoms with Crippen LogP contribution in [0.25, 0.3) is 0 Å². The Labute approximate surface area is 104 Å². The SMILES string of the molecule is OC(Cc1ccc(Cl)cc1F)c1ccccc1. The summed E-state index contributed by atoms with van der Waals surface area (Å²) in [5.74, 6) is -0.382. The van der Waals surface area contributed by atoms with Crippen molar-refractivity contribution in [2.75, 3.05) is 0 Å². The van der Waals surface area contributed by atoms with Gasteiger partial charge in [0.25, 0.3) is 0 Å². The number of aliphatic hydroxyl groups is 1. The predicted octanol–water partition coefficient (Wildman–Crippen LogP) is 3.76. The van der Waals surface area contributed by atoms with Crippen LogP contribution < -0.4 is 0 Å². The van der Waals surface area contributed by atoms with Gasteiger partial charge in [-0.3, -0.25) is 0 Å². The molecule has 0 spiro atoms. The topological polar surface area (TPSA) is 20.2 Å². The number of benzene rings is 2. The van der Waals surface area contributed by atoms with Gasteiger partial charge in [0.15, 0.2) is 0 Å². The lowest BCUT2D eigenvalue weighted by atomic mass is 10.0. The zero-order chi connectivity index (χ0) is 12.3. The van der Waals surface area contributed by atoms with Gasteiger partial charge < -0.3 is 5.11 Å². The molecule has 2 aromatic carbocycles. The van der Waals surface area contributed by atoms with E-state index in [1.165, 1.54) is 6.07 Å². The van der Waals surface area contributed by atoms with Crippen LogP contribution in [-0.2, 0) is 6.42 Å². The van der Waals surface area contributed by atoms with Crippen molar-refractivity contribution in [3.05, 3.63) is 70.5 Å². The number of rotatable bonds is 3. The van der Waals surface area contributed by atoms with E-state index in [0.29, 0.717) is 10.6 Å². The molecule has 0 bridgehead atoms. The van der Waals surface area contributed by atoms with Crippen LogP contribution >= 0.6 is 11.6 Å². The number of hydrogen-bond acceptors (Lipinski definition) is 1. The second-order valence-electron chi connectivity index (χ2n) is 3.87. The summed E-state index contributed by atoms with van der Waals surface area (Å²) < 4.78 is 13.5. The molecule has 88 valence electrons. The summed E-state index contributed by atoms with van der Waals surface area (Å²) in [6.45, 7) is 0. The van der Waals surface area contributed by atoms with Gasteiger partial charge in [-0.15, -0.1) is 0 Å². The number of aliphatic hydroxyl groups excluding tert-OH is 1. The van der Waals surface area contributed by atoms with Crippen LogP contribution in [-0.4, -0.2) is 5.11 Å². The Hall–Kier alpha value is -1.38. The third-order valence-corrected chi connectivity index (χ3v) is 2.85. The monoisotopic (exact) mass is 250 g/mol. The Morgan fingerprint density at radius 3 is 2.47 bits per heavy atom. The molecule has 3 heteroatoms. The zero-order valence-corrected chi connectivity index (χ0v) is 9.86. The van der Waals surface area contributed by atoms with Gasteiger partial charge in [0.05, 0.1) is 6.10 Å². The Balaban J connectivity index is 2.16. The molecule has 0 radical (unpaired) electrons. The summed E-state index contributed by atoms with van der Waals surface area (Å²) in [6, 6.07) is 13.7. The maximum absolute atomic E-state index is 13.5. The molecule has 1 N–H and O–H groups in total. The molecule has 2 aromatic rings. The lowest BCUT2D eigenvalue weighted by Gasteiger charge is -2.11. The predicted molar refractivity (Wildman–Crippen MR) is 66.5 cm³/mol. The van der Waals surface area contributed by atoms with Gasteiger partial charge in [0, 0.05) is 11.4 Å². The maximum atomic E-state index is 13.5. The lowest BCUT2D eigenvalue weighted by molar-refractivity contribution is 0.177. The van der Waals surface area contributed by atoms with Crippen molar-refractivity contribution < 1.29 is 9.50 Å². The van der Waals surface area contributed by atoms with Gasteiger partial charge in [-0.25, -0.2) is 4.39 Å². The fourth-order valence-corrected chi connectivity index (χ4v) is 1.85. The molecule has 0 saturated heterocycles. The second kappa shape index (κ2) is 5.30. The largest absolute Gasteiger partial charge is 0.388 e. The highest BCUT2D eigenvalue weighted by molar-refractivity contribution is 6.30. The van der Waals surface area contributed by atoms with Gasteiger partial charge in [-0.05, 0) is 23.3 Å². The molecule has 1 atom stereocenters. The van der Waals surface area contributed by atoms with Gasteiger partial charge in [0.1, 0.15) is 5.82 Å². The summed E-state index contributed by atoms with van der Waals surface area (Å²) >= 11 is 5.67. The number of halogens is 2. The molecule has 0 aromatic heterocycles. The van der Waals surface area contributed by atoms with E-state index in [1.54, 1.807) is 12.1 Å². The summed E-state index contributed by atoms with van der Waals surface area (Å²) in [5, 5.41) is 10.3. The quantitative estimate of drug-likeness (QED) is 0.880. The normalized spacial score (nSPS) is 12.4. The van der Waals surface area contributed by atoms with E-state index in [2.05, 4.69) is 0 Å². The van der Waals surface area contributed by atoms with Crippen molar-refractivity contribution in [1.29, 1.82) is 0 Å². The maximum Gasteiger partial charge on any atom is 0.127 e. The molecule has 0 amide bonds. The molecule has 2 rings (SSSR count). The van der Waals surface area contributed by atoms with E-state index in [0.717, 1.165) is 5.56 Å². The van der Waals surface area contributed by atoms with Crippen LogP contribution in [0.5, 0.6) is 0 Å². The molecule has 1 nitrogen and oxygen atoms in total. The Morgan fingerprint density at radius 2 is 1.82 bits per heavy atom. The standard InChI is InChI=1S/C14H12ClFO/c15-12-7-6-11(13(16)9-12)8-14(17)10-4-2-1-3-5-10/h1-7,9,14,17H,8H2. The van der Waals surface area contributed by atoms with Crippen LogP contribution in [0.15, 0.2) is 48.5 Å². The number of hydrogen-bond donors (Lipinski definition) is 1. The highest BCUT2D eigenvalue weighted by Crippen LogP contribution is 2.21. The Morgan fingerprint density at radius 1 is 1.12 bits per heavy atom. The van der Waals surface area contributed by atoms with Crippen LogP contribution in [0.3, 0.4) is 0 Å². The molecule has 0 aliphatic carbocycles. The van der Waals surface area contributed by atoms with E-state index in [4.69, 9.17) is 11.6 Å². The molecule has 0 saturated carbocycles. The molecule has 0 aliphatic rings. The first-order chi connectivity index (χ1) is 8.16. The van der Waals surface area contributed by atoms with Crippen LogP contribution in [0.2, 0.25) is 5.02 Å². The minimum atomic E-state index is -0.702. The van der Waals surface area contributed by atoms with Gasteiger partial charge >= 0.3 is 0 Å². The summed E-state index contributed by atoms with van der Waals surface area (Å²) in [6.07, 6.45) is -0.459. The van der Waals surface area contributed by atoms with Crippen molar-refractivity contribution >= 4 is 11.6 Å². The minimum Gasteiger partial charge on any atom is -0.388 e. The van der Waals surface area contributed by atoms with Crippen molar-refractivity contribution in [1.82, 2.24) is 0 Å². The van der Waals surface area contributed by atoms with Crippen molar-refractivity contribution in [2.24, 2.45) is 0 Å². The summed E-state index contributed by atoms with van der Waals surface area (Å²) in [4.78, 5) is 0. The highest BCUT2D eigenvalue weighted by atomic mass is 35.5. The lowest BCUT2D eigenvalue weighted by Crippen LogP contribution is -2.03. The van der Waals surface area contributed by atoms with Crippen LogP contribution in [0.4, 0.5) is 4.39 Å². The fraction of sp³-hybridized carbons (Fsp3) is 0.143. The highest BCUT2D eigenvalue weighted by Gasteiger charge is 2.11. The van der Waals surface area contributed by atoms with Crippen LogP contribution in [0.1, 0.15) is 17.2 Å². The van der Waals surface area contributed by atoms with Crippen molar-refractivity contribution in [3.63, 3.8) is 0 Å². The summed E-state index contributed by atoms with van der Waals surface area (Å²) in [5.41, 5.74) is 1.24. The first-order valence-electron chi connectivity index (χ1n) is 5.34. The minimum absolute atomic E-state index is 0.243. The van der Waals surface area contributed by atoms with E-state index in [9.17, 15) is 9.50 Å². The summed E-state index contributed by atoms with van der Waals surface area (Å²) in [7, 11) is 0. The van der Waals surface area contributed by atoms with E-state index in [1.807, 2.05) is 30.3 Å². The Bertz CT molecular complexity index is 499. The molecular weight excluding hydrogens is 239 g/mol. The molecule has 0 aliphatic heterocycles. The van der Waals surface area contributed by atoms with Gasteiger partial charge in [-0.1, -0.05) is 48.0 Å². The van der Waals surface area contributed by atoms with Gasteiger partial charge in [0.2, 0.25) is 0 Å². The average Bonchev–Trinajstić information content (AvgIpc) is 2.34. The first-order valence-corrected chi connectivity index (χ1v) is 5.71. The molecule has 17 heavy (non-hydrogen) atoms. The second-order valence-corrected chi connectivity index (χ2v) is 4.30. The van der Waals surface area contributed by atoms with Crippen molar-refractivity contribution in [3.8, 4) is 0 Å². The first kappa shape index (κ1) is 12.1. The molecule has 1 unspecified atom stereocenters. The fourth-order valence-electron chi connectivity index (χ4n) is 1.69. The average molecular weight is 251 g/mol. The third kappa shape index (κ3) is 3.05. The van der Waals surface area contributed by atoms with Crippen molar-refractivity contribution in [2.45, 2.75) is 12.5 Å². The smallest absolute Gasteiger partial charge is 0.127 e. The Kier molecular flexibility index (Phi) is 3.77. The molecule has 0 fully saturated rings. The van der Waals surface area contributed by atoms with E-state index < -0.39 is 6.10 Å². The third-order valence-electron chi connectivity index (χ3n) is 2.61. The molecular formula is C14H12ClFO.